The Morgan fingerprint density at radius 1 is 1.20 bits per heavy atom. The van der Waals surface area contributed by atoms with Crippen LogP contribution in [0.4, 0.5) is 4.39 Å². The largest absolute Gasteiger partial charge is 0.379 e. The van der Waals surface area contributed by atoms with E-state index in [2.05, 4.69) is 5.32 Å². The second-order valence-electron chi connectivity index (χ2n) is 6.67. The lowest BCUT2D eigenvalue weighted by atomic mass is 9.90. The van der Waals surface area contributed by atoms with Gasteiger partial charge in [-0.25, -0.2) is 4.39 Å². The molecule has 1 aromatic carbocycles. The molecule has 9 heteroatoms. The van der Waals surface area contributed by atoms with Gasteiger partial charge in [0.1, 0.15) is 5.82 Å². The second-order valence-corrected chi connectivity index (χ2v) is 8.55. The van der Waals surface area contributed by atoms with Gasteiger partial charge in [-0.05, 0) is 36.1 Å². The molecule has 3 saturated heterocycles. The van der Waals surface area contributed by atoms with Crippen molar-refractivity contribution in [2.75, 3.05) is 45.9 Å². The predicted molar refractivity (Wildman–Crippen MR) is 94.3 cm³/mol. The lowest BCUT2D eigenvalue weighted by Crippen LogP contribution is -2.49. The van der Waals surface area contributed by atoms with Crippen LogP contribution in [0.5, 0.6) is 0 Å². The number of nitrogens with zero attached hydrogens (tertiary/aromatic N) is 2. The van der Waals surface area contributed by atoms with Gasteiger partial charge in [0.05, 0.1) is 19.3 Å². The van der Waals surface area contributed by atoms with Gasteiger partial charge in [0.15, 0.2) is 0 Å². The highest BCUT2D eigenvalue weighted by Crippen LogP contribution is 2.44. The zero-order valence-electron chi connectivity index (χ0n) is 13.8. The number of hydrogen-bond donors (Lipinski definition) is 1. The highest BCUT2D eigenvalue weighted by atomic mass is 35.5. The molecule has 1 N–H and O–H groups in total. The molecule has 0 radical (unpaired) electrons. The van der Waals surface area contributed by atoms with Crippen LogP contribution in [-0.2, 0) is 14.9 Å². The number of hydrogen-bond acceptors (Lipinski definition) is 4. The van der Waals surface area contributed by atoms with Crippen molar-refractivity contribution in [3.63, 3.8) is 0 Å². The SMILES string of the molecule is Cl.O=S(=O)(N1CCOCC1)N1C[C@@H]2CNC[C@@H]2[C@@H]1c1cccc(F)c1. The molecule has 3 fully saturated rings. The summed E-state index contributed by atoms with van der Waals surface area (Å²) in [5.41, 5.74) is 0.739. The van der Waals surface area contributed by atoms with Crippen molar-refractivity contribution < 1.29 is 17.5 Å². The van der Waals surface area contributed by atoms with Crippen LogP contribution >= 0.6 is 12.4 Å². The minimum Gasteiger partial charge on any atom is -0.379 e. The van der Waals surface area contributed by atoms with Crippen molar-refractivity contribution in [1.29, 1.82) is 0 Å². The summed E-state index contributed by atoms with van der Waals surface area (Å²) in [4.78, 5) is 0. The van der Waals surface area contributed by atoms with Gasteiger partial charge in [-0.2, -0.15) is 17.0 Å². The smallest absolute Gasteiger partial charge is 0.282 e. The lowest BCUT2D eigenvalue weighted by Gasteiger charge is -2.34. The summed E-state index contributed by atoms with van der Waals surface area (Å²) in [6, 6.07) is 6.03. The number of rotatable bonds is 3. The summed E-state index contributed by atoms with van der Waals surface area (Å²) < 4.78 is 48.4. The summed E-state index contributed by atoms with van der Waals surface area (Å²) in [5.74, 6) is 0.127. The van der Waals surface area contributed by atoms with Gasteiger partial charge in [-0.3, -0.25) is 0 Å². The van der Waals surface area contributed by atoms with Gasteiger partial charge < -0.3 is 10.1 Å². The van der Waals surface area contributed by atoms with Crippen molar-refractivity contribution in [3.8, 4) is 0 Å². The summed E-state index contributed by atoms with van der Waals surface area (Å²) in [6.07, 6.45) is 0. The number of morpholine rings is 1. The summed E-state index contributed by atoms with van der Waals surface area (Å²) >= 11 is 0. The third kappa shape index (κ3) is 3.43. The fraction of sp³-hybridized carbons (Fsp3) is 0.625. The Labute approximate surface area is 153 Å². The van der Waals surface area contributed by atoms with Crippen molar-refractivity contribution in [1.82, 2.24) is 13.9 Å². The minimum atomic E-state index is -3.58. The number of nitrogens with one attached hydrogen (secondary N) is 1. The monoisotopic (exact) mass is 391 g/mol. The molecule has 140 valence electrons. The molecule has 4 rings (SSSR count). The molecule has 3 atom stereocenters. The molecule has 3 aliphatic rings. The highest BCUT2D eigenvalue weighted by Gasteiger charge is 2.50. The summed E-state index contributed by atoms with van der Waals surface area (Å²) in [7, 11) is -3.58. The van der Waals surface area contributed by atoms with Gasteiger partial charge in [0.25, 0.3) is 10.2 Å². The normalized spacial score (nSPS) is 30.8. The molecule has 0 amide bonds. The van der Waals surface area contributed by atoms with Crippen LogP contribution in [0.3, 0.4) is 0 Å². The van der Waals surface area contributed by atoms with Crippen LogP contribution in [0.25, 0.3) is 0 Å². The van der Waals surface area contributed by atoms with Crippen LogP contribution in [0.2, 0.25) is 0 Å². The maximum Gasteiger partial charge on any atom is 0.282 e. The van der Waals surface area contributed by atoms with Crippen LogP contribution < -0.4 is 5.32 Å². The first-order valence-corrected chi connectivity index (χ1v) is 9.78. The average Bonchev–Trinajstić information content (AvgIpc) is 3.16. The van der Waals surface area contributed by atoms with E-state index >= 15 is 0 Å². The Balaban J connectivity index is 0.00000182. The van der Waals surface area contributed by atoms with Crippen LogP contribution in [0, 0.1) is 17.7 Å². The fourth-order valence-electron chi connectivity index (χ4n) is 4.15. The quantitative estimate of drug-likeness (QED) is 0.835. The van der Waals surface area contributed by atoms with E-state index in [1.807, 2.05) is 6.07 Å². The number of ether oxygens (including phenoxy) is 1. The van der Waals surface area contributed by atoms with E-state index < -0.39 is 10.2 Å². The van der Waals surface area contributed by atoms with Gasteiger partial charge in [-0.15, -0.1) is 12.4 Å². The van der Waals surface area contributed by atoms with Crippen molar-refractivity contribution in [2.24, 2.45) is 11.8 Å². The van der Waals surface area contributed by atoms with Crippen molar-refractivity contribution in [2.45, 2.75) is 6.04 Å². The maximum absolute atomic E-state index is 13.7. The summed E-state index contributed by atoms with van der Waals surface area (Å²) in [6.45, 7) is 3.66. The lowest BCUT2D eigenvalue weighted by molar-refractivity contribution is 0.0696. The van der Waals surface area contributed by atoms with Crippen molar-refractivity contribution in [3.05, 3.63) is 35.6 Å². The topological polar surface area (TPSA) is 61.9 Å². The molecular formula is C16H23ClFN3O3S. The molecule has 25 heavy (non-hydrogen) atoms. The molecule has 0 unspecified atom stereocenters. The molecule has 1 aromatic rings. The van der Waals surface area contributed by atoms with E-state index in [0.29, 0.717) is 32.8 Å². The zero-order chi connectivity index (χ0) is 16.7. The first kappa shape index (κ1) is 19.0. The van der Waals surface area contributed by atoms with Gasteiger partial charge in [-0.1, -0.05) is 12.1 Å². The molecule has 0 aliphatic carbocycles. The van der Waals surface area contributed by atoms with E-state index in [1.54, 1.807) is 10.4 Å². The highest BCUT2D eigenvalue weighted by molar-refractivity contribution is 7.86. The van der Waals surface area contributed by atoms with Gasteiger partial charge in [0, 0.05) is 26.2 Å². The van der Waals surface area contributed by atoms with Crippen molar-refractivity contribution >= 4 is 22.6 Å². The molecular weight excluding hydrogens is 369 g/mol. The van der Waals surface area contributed by atoms with E-state index in [9.17, 15) is 12.8 Å². The fourth-order valence-corrected chi connectivity index (χ4v) is 6.00. The molecule has 0 bridgehead atoms. The molecule has 0 spiro atoms. The molecule has 3 aliphatic heterocycles. The van der Waals surface area contributed by atoms with E-state index in [1.165, 1.54) is 16.4 Å². The first-order valence-electron chi connectivity index (χ1n) is 8.38. The third-order valence-corrected chi connectivity index (χ3v) is 7.29. The van der Waals surface area contributed by atoms with Crippen LogP contribution in [0.15, 0.2) is 24.3 Å². The molecule has 6 nitrogen and oxygen atoms in total. The number of halogens is 2. The van der Waals surface area contributed by atoms with E-state index in [4.69, 9.17) is 4.74 Å². The standard InChI is InChI=1S/C16H22FN3O3S.ClH/c17-14-3-1-2-12(8-14)16-15-10-18-9-13(15)11-20(16)24(21,22)19-4-6-23-7-5-19;/h1-3,8,13,15-16,18H,4-7,9-11H2;1H/t13-,15-,16-;/m0./s1. The average molecular weight is 392 g/mol. The van der Waals surface area contributed by atoms with Gasteiger partial charge in [0.2, 0.25) is 0 Å². The van der Waals surface area contributed by atoms with Crippen LogP contribution in [-0.4, -0.2) is 63.0 Å². The second kappa shape index (κ2) is 7.46. The van der Waals surface area contributed by atoms with E-state index in [0.717, 1.165) is 18.7 Å². The Bertz CT molecular complexity index is 714. The van der Waals surface area contributed by atoms with E-state index in [-0.39, 0.29) is 36.1 Å². The Morgan fingerprint density at radius 2 is 1.96 bits per heavy atom. The molecule has 0 saturated carbocycles. The minimum absolute atomic E-state index is 0. The number of fused-ring (bicyclic) bond motifs is 1. The molecule has 3 heterocycles. The molecule has 0 aromatic heterocycles. The predicted octanol–water partition coefficient (Wildman–Crippen LogP) is 1.02. The number of benzene rings is 1. The Morgan fingerprint density at radius 3 is 2.68 bits per heavy atom. The third-order valence-electron chi connectivity index (χ3n) is 5.31. The Kier molecular flexibility index (Phi) is 5.67. The van der Waals surface area contributed by atoms with Gasteiger partial charge >= 0.3 is 0 Å². The first-order chi connectivity index (χ1) is 11.6. The Hall–Kier alpha value is -0.770. The van der Waals surface area contributed by atoms with Crippen LogP contribution in [0.1, 0.15) is 11.6 Å². The summed E-state index contributed by atoms with van der Waals surface area (Å²) in [5, 5.41) is 3.34. The zero-order valence-corrected chi connectivity index (χ0v) is 15.4. The maximum atomic E-state index is 13.7.